The Labute approximate surface area is 164 Å². The van der Waals surface area contributed by atoms with E-state index in [-0.39, 0.29) is 24.3 Å². The molecule has 0 spiro atoms. The highest BCUT2D eigenvalue weighted by atomic mass is 32.2. The van der Waals surface area contributed by atoms with Crippen LogP contribution in [0, 0.1) is 0 Å². The van der Waals surface area contributed by atoms with E-state index in [1.807, 2.05) is 0 Å². The van der Waals surface area contributed by atoms with Gasteiger partial charge < -0.3 is 16.2 Å². The number of amides is 3. The summed E-state index contributed by atoms with van der Waals surface area (Å²) in [5, 5.41) is 11.5. The second kappa shape index (κ2) is 8.78. The number of carboxylic acid groups (broad SMARTS) is 1. The zero-order chi connectivity index (χ0) is 20.1. The molecule has 0 aromatic heterocycles. The van der Waals surface area contributed by atoms with Crippen molar-refractivity contribution in [2.75, 3.05) is 7.05 Å². The van der Waals surface area contributed by atoms with Crippen molar-refractivity contribution in [2.45, 2.75) is 18.9 Å². The molecule has 1 atom stereocenters. The van der Waals surface area contributed by atoms with Crippen molar-refractivity contribution in [2.24, 2.45) is 5.73 Å². The molecule has 1 aliphatic heterocycles. The quantitative estimate of drug-likeness (QED) is 0.453. The largest absolute Gasteiger partial charge is 0.480 e. The Kier molecular flexibility index (Phi) is 6.70. The molecule has 1 aromatic carbocycles. The van der Waals surface area contributed by atoms with Gasteiger partial charge in [0.2, 0.25) is 5.91 Å². The normalized spacial score (nSPS) is 16.5. The number of rotatable bonds is 7. The van der Waals surface area contributed by atoms with Gasteiger partial charge in [0.25, 0.3) is 11.8 Å². The van der Waals surface area contributed by atoms with Gasteiger partial charge in [-0.25, -0.2) is 4.79 Å². The Hall–Kier alpha value is -2.72. The lowest BCUT2D eigenvalue weighted by Gasteiger charge is -2.13. The maximum Gasteiger partial charge on any atom is 0.326 e. The third kappa shape index (κ3) is 5.38. The second-order valence-electron chi connectivity index (χ2n) is 5.73. The molecule has 3 amide bonds. The van der Waals surface area contributed by atoms with E-state index in [0.717, 1.165) is 0 Å². The molecule has 4 N–H and O–H groups in total. The van der Waals surface area contributed by atoms with Crippen molar-refractivity contribution in [3.63, 3.8) is 0 Å². The Morgan fingerprint density at radius 1 is 1.33 bits per heavy atom. The van der Waals surface area contributed by atoms with E-state index in [1.54, 1.807) is 25.3 Å². The van der Waals surface area contributed by atoms with Crippen LogP contribution >= 0.6 is 24.0 Å². The number of benzene rings is 1. The van der Waals surface area contributed by atoms with Crippen LogP contribution < -0.4 is 11.1 Å². The van der Waals surface area contributed by atoms with Gasteiger partial charge in [0.1, 0.15) is 10.4 Å². The predicted octanol–water partition coefficient (Wildman–Crippen LogP) is 0.966. The minimum atomic E-state index is -1.25. The number of primary amides is 1. The van der Waals surface area contributed by atoms with Gasteiger partial charge in [0.05, 0.1) is 4.91 Å². The van der Waals surface area contributed by atoms with E-state index in [4.69, 9.17) is 23.1 Å². The lowest BCUT2D eigenvalue weighted by atomic mass is 10.1. The lowest BCUT2D eigenvalue weighted by molar-refractivity contribution is -0.139. The van der Waals surface area contributed by atoms with Gasteiger partial charge in [0.15, 0.2) is 0 Å². The van der Waals surface area contributed by atoms with Gasteiger partial charge >= 0.3 is 5.97 Å². The van der Waals surface area contributed by atoms with Gasteiger partial charge in [-0.2, -0.15) is 0 Å². The number of hydrogen-bond donors (Lipinski definition) is 3. The van der Waals surface area contributed by atoms with E-state index in [0.29, 0.717) is 14.8 Å². The van der Waals surface area contributed by atoms with Gasteiger partial charge in [-0.15, -0.1) is 0 Å². The number of thiocarbonyl (C=S) groups is 1. The number of nitrogens with zero attached hydrogens (tertiary/aromatic N) is 1. The molecule has 142 valence electrons. The average molecular weight is 407 g/mol. The first-order chi connectivity index (χ1) is 12.7. The molecule has 2 rings (SSSR count). The van der Waals surface area contributed by atoms with Crippen LogP contribution in [-0.2, 0) is 14.4 Å². The van der Waals surface area contributed by atoms with Crippen LogP contribution in [0.25, 0.3) is 6.08 Å². The first-order valence-corrected chi connectivity index (χ1v) is 9.05. The Morgan fingerprint density at radius 3 is 2.44 bits per heavy atom. The van der Waals surface area contributed by atoms with Crippen molar-refractivity contribution in [1.29, 1.82) is 0 Å². The molecule has 8 nitrogen and oxygen atoms in total. The highest BCUT2D eigenvalue weighted by Crippen LogP contribution is 2.31. The van der Waals surface area contributed by atoms with Crippen molar-refractivity contribution in [3.8, 4) is 0 Å². The van der Waals surface area contributed by atoms with Crippen LogP contribution in [0.3, 0.4) is 0 Å². The third-order valence-electron chi connectivity index (χ3n) is 3.74. The number of carboxylic acids is 1. The summed E-state index contributed by atoms with van der Waals surface area (Å²) in [7, 11) is 1.60. The fraction of sp³-hybridized carbons (Fsp3) is 0.235. The molecular weight excluding hydrogens is 390 g/mol. The number of nitrogens with two attached hydrogens (primary N) is 1. The van der Waals surface area contributed by atoms with E-state index < -0.39 is 23.8 Å². The summed E-state index contributed by atoms with van der Waals surface area (Å²) in [6.45, 7) is 0. The number of likely N-dealkylation sites (N-methyl/N-ethyl adjacent to an activating group) is 1. The number of hydrogen-bond acceptors (Lipinski definition) is 6. The summed E-state index contributed by atoms with van der Waals surface area (Å²) in [4.78, 5) is 48.0. The van der Waals surface area contributed by atoms with E-state index in [9.17, 15) is 19.2 Å². The maximum absolute atomic E-state index is 12.2. The van der Waals surface area contributed by atoms with Crippen LogP contribution in [-0.4, -0.2) is 51.1 Å². The smallest absolute Gasteiger partial charge is 0.326 e. The first kappa shape index (κ1) is 20.6. The number of aliphatic carboxylic acids is 1. The SMILES string of the molecule is CN1C(=O)/C(=C\c2ccc(C(=O)NC(CCC(N)=O)C(=O)O)cc2)SC1=S. The molecule has 1 aliphatic rings. The number of nitrogens with one attached hydrogen (secondary N) is 1. The molecule has 1 aromatic rings. The Morgan fingerprint density at radius 2 is 1.96 bits per heavy atom. The summed E-state index contributed by atoms with van der Waals surface area (Å²) in [6.07, 6.45) is 1.43. The number of carbonyl (C=O) groups is 4. The van der Waals surface area contributed by atoms with Gasteiger partial charge in [-0.05, 0) is 30.2 Å². The van der Waals surface area contributed by atoms with Crippen molar-refractivity contribution < 1.29 is 24.3 Å². The van der Waals surface area contributed by atoms with E-state index in [1.165, 1.54) is 28.8 Å². The maximum atomic E-state index is 12.2. The summed E-state index contributed by atoms with van der Waals surface area (Å²) in [6, 6.07) is 5.09. The predicted molar refractivity (Wildman–Crippen MR) is 105 cm³/mol. The van der Waals surface area contributed by atoms with Crippen LogP contribution in [0.4, 0.5) is 0 Å². The molecule has 0 radical (unpaired) electrons. The summed E-state index contributed by atoms with van der Waals surface area (Å²) in [5.41, 5.74) is 5.96. The minimum Gasteiger partial charge on any atom is -0.480 e. The molecule has 0 saturated carbocycles. The highest BCUT2D eigenvalue weighted by Gasteiger charge is 2.28. The molecule has 1 unspecified atom stereocenters. The zero-order valence-corrected chi connectivity index (χ0v) is 15.9. The molecule has 0 aliphatic carbocycles. The number of thioether (sulfide) groups is 1. The number of carbonyl (C=O) groups excluding carboxylic acids is 3. The molecule has 1 saturated heterocycles. The van der Waals surface area contributed by atoms with E-state index >= 15 is 0 Å². The molecule has 10 heteroatoms. The Balaban J connectivity index is 2.06. The van der Waals surface area contributed by atoms with Crippen LogP contribution in [0.2, 0.25) is 0 Å². The highest BCUT2D eigenvalue weighted by molar-refractivity contribution is 8.26. The Bertz CT molecular complexity index is 835. The van der Waals surface area contributed by atoms with Crippen LogP contribution in [0.5, 0.6) is 0 Å². The lowest BCUT2D eigenvalue weighted by Crippen LogP contribution is -2.41. The van der Waals surface area contributed by atoms with Gasteiger partial charge in [-0.1, -0.05) is 36.1 Å². The first-order valence-electron chi connectivity index (χ1n) is 7.82. The summed E-state index contributed by atoms with van der Waals surface area (Å²) < 4.78 is 0.470. The summed E-state index contributed by atoms with van der Waals surface area (Å²) >= 11 is 6.26. The van der Waals surface area contributed by atoms with Crippen LogP contribution in [0.1, 0.15) is 28.8 Å². The molecule has 27 heavy (non-hydrogen) atoms. The van der Waals surface area contributed by atoms with Gasteiger partial charge in [-0.3, -0.25) is 19.3 Å². The molecular formula is C17H17N3O5S2. The zero-order valence-electron chi connectivity index (χ0n) is 14.3. The van der Waals surface area contributed by atoms with Crippen molar-refractivity contribution in [3.05, 3.63) is 40.3 Å². The van der Waals surface area contributed by atoms with Crippen LogP contribution in [0.15, 0.2) is 29.2 Å². The summed E-state index contributed by atoms with van der Waals surface area (Å²) in [5.74, 6) is -2.66. The fourth-order valence-corrected chi connectivity index (χ4v) is 3.39. The third-order valence-corrected chi connectivity index (χ3v) is 5.22. The molecule has 1 fully saturated rings. The van der Waals surface area contributed by atoms with Crippen molar-refractivity contribution >= 4 is 58.1 Å². The van der Waals surface area contributed by atoms with Gasteiger partial charge in [0, 0.05) is 19.0 Å². The average Bonchev–Trinajstić information content (AvgIpc) is 2.85. The van der Waals surface area contributed by atoms with Crippen molar-refractivity contribution in [1.82, 2.24) is 10.2 Å². The van der Waals surface area contributed by atoms with E-state index in [2.05, 4.69) is 5.32 Å². The molecule has 1 heterocycles. The standard InChI is InChI=1S/C17H17N3O5S2/c1-20-15(23)12(27-17(20)26)8-9-2-4-10(5-3-9)14(22)19-11(16(24)25)6-7-13(18)21/h2-5,8,11H,6-7H2,1H3,(H2,18,21)(H,19,22)(H,24,25)/b12-8+. The topological polar surface area (TPSA) is 130 Å². The fourth-order valence-electron chi connectivity index (χ4n) is 2.21. The molecule has 0 bridgehead atoms. The second-order valence-corrected chi connectivity index (χ2v) is 7.41. The minimum absolute atomic E-state index is 0.0899. The monoisotopic (exact) mass is 407 g/mol.